The Kier molecular flexibility index (Phi) is 7.99. The summed E-state index contributed by atoms with van der Waals surface area (Å²) < 4.78 is 30.8. The van der Waals surface area contributed by atoms with Gasteiger partial charge in [0.1, 0.15) is 10.9 Å². The van der Waals surface area contributed by atoms with Gasteiger partial charge in [-0.1, -0.05) is 42.5 Å². The lowest BCUT2D eigenvalue weighted by Crippen LogP contribution is -2.53. The van der Waals surface area contributed by atoms with Gasteiger partial charge in [0.15, 0.2) is 0 Å². The fourth-order valence-electron chi connectivity index (χ4n) is 5.11. The fraction of sp³-hybridized carbons (Fsp3) is 0.545. The van der Waals surface area contributed by atoms with E-state index in [1.54, 1.807) is 21.9 Å². The highest BCUT2D eigenvalue weighted by Gasteiger charge is 2.37. The number of aromatic nitrogens is 2. The van der Waals surface area contributed by atoms with E-state index < -0.39 is 16.1 Å². The number of imidazole rings is 1. The monoisotopic (exact) mass is 547 g/mol. The summed E-state index contributed by atoms with van der Waals surface area (Å²) >= 11 is 18.2. The Balaban J connectivity index is 1.57. The first-order chi connectivity index (χ1) is 16.2. The number of sulfonamides is 1. The molecule has 2 heterocycles. The maximum atomic E-state index is 13.6. The normalized spacial score (nSPS) is 21.8. The van der Waals surface area contributed by atoms with Crippen molar-refractivity contribution >= 4 is 56.4 Å². The van der Waals surface area contributed by atoms with Crippen LogP contribution >= 0.6 is 34.8 Å². The minimum absolute atomic E-state index is 0.0862. The molecule has 2 aliphatic rings. The highest BCUT2D eigenvalue weighted by atomic mass is 35.5. The van der Waals surface area contributed by atoms with Gasteiger partial charge in [0.2, 0.25) is 21.2 Å². The van der Waals surface area contributed by atoms with Gasteiger partial charge in [-0.05, 0) is 54.8 Å². The van der Waals surface area contributed by atoms with Crippen LogP contribution in [-0.4, -0.2) is 47.9 Å². The van der Waals surface area contributed by atoms with E-state index in [1.165, 1.54) is 31.4 Å². The van der Waals surface area contributed by atoms with E-state index in [-0.39, 0.29) is 38.2 Å². The first kappa shape index (κ1) is 25.6. The zero-order valence-corrected chi connectivity index (χ0v) is 21.7. The summed E-state index contributed by atoms with van der Waals surface area (Å²) in [6, 6.07) is 1.61. The molecular formula is C22H28Cl3N5O3S. The van der Waals surface area contributed by atoms with E-state index in [0.717, 1.165) is 12.8 Å². The number of nitrogens with one attached hydrogen (secondary N) is 1. The number of nitrogens with zero attached hydrogens (tertiary/aromatic N) is 3. The highest BCUT2D eigenvalue weighted by Crippen LogP contribution is 2.36. The first-order valence-electron chi connectivity index (χ1n) is 11.4. The van der Waals surface area contributed by atoms with Gasteiger partial charge in [-0.15, -0.1) is 0 Å². The van der Waals surface area contributed by atoms with Gasteiger partial charge in [-0.25, -0.2) is 13.4 Å². The van der Waals surface area contributed by atoms with Gasteiger partial charge in [0.25, 0.3) is 0 Å². The number of nitrogens with two attached hydrogens (primary N) is 1. The predicted molar refractivity (Wildman–Crippen MR) is 133 cm³/mol. The fourth-order valence-corrected chi connectivity index (χ4v) is 7.52. The molecule has 34 heavy (non-hydrogen) atoms. The van der Waals surface area contributed by atoms with Gasteiger partial charge < -0.3 is 15.2 Å². The zero-order valence-electron chi connectivity index (χ0n) is 18.6. The van der Waals surface area contributed by atoms with E-state index in [2.05, 4.69) is 9.71 Å². The highest BCUT2D eigenvalue weighted by molar-refractivity contribution is 7.89. The molecule has 1 aliphatic heterocycles. The number of amides is 1. The number of hydrogen-bond donors (Lipinski definition) is 2. The molecule has 2 aromatic rings. The van der Waals surface area contributed by atoms with Crippen LogP contribution in [0, 0.1) is 11.8 Å². The largest absolute Gasteiger partial charge is 0.398 e. The maximum absolute atomic E-state index is 13.6. The molecular weight excluding hydrogens is 521 g/mol. The number of likely N-dealkylation sites (tertiary alicyclic amines) is 1. The molecule has 8 nitrogen and oxygen atoms in total. The molecule has 1 saturated carbocycles. The number of nitrogen functional groups attached to an aromatic ring is 1. The average Bonchev–Trinajstić information content (AvgIpc) is 3.19. The molecule has 1 unspecified atom stereocenters. The third-order valence-electron chi connectivity index (χ3n) is 6.83. The molecule has 12 heteroatoms. The molecule has 0 radical (unpaired) electrons. The van der Waals surface area contributed by atoms with Crippen molar-refractivity contribution in [2.45, 2.75) is 56.0 Å². The average molecular weight is 549 g/mol. The molecule has 2 fully saturated rings. The quantitative estimate of drug-likeness (QED) is 0.504. The third-order valence-corrected chi connectivity index (χ3v) is 9.36. The van der Waals surface area contributed by atoms with Crippen LogP contribution in [-0.2, 0) is 21.4 Å². The van der Waals surface area contributed by atoms with Crippen molar-refractivity contribution in [3.05, 3.63) is 39.9 Å². The Hall–Kier alpha value is -1.52. The molecule has 0 bridgehead atoms. The van der Waals surface area contributed by atoms with Crippen molar-refractivity contribution in [1.82, 2.24) is 19.2 Å². The van der Waals surface area contributed by atoms with Crippen molar-refractivity contribution in [3.8, 4) is 0 Å². The number of rotatable bonds is 7. The molecule has 3 N–H and O–H groups in total. The lowest BCUT2D eigenvalue weighted by molar-refractivity contribution is -0.136. The van der Waals surface area contributed by atoms with Crippen LogP contribution in [0.25, 0.3) is 0 Å². The number of fused-ring (bicyclic) bond motifs is 1. The van der Waals surface area contributed by atoms with Crippen LogP contribution in [0.1, 0.15) is 38.5 Å². The second kappa shape index (κ2) is 10.6. The summed E-state index contributed by atoms with van der Waals surface area (Å²) in [5.74, 6) is 0.853. The Labute approximate surface area is 214 Å². The summed E-state index contributed by atoms with van der Waals surface area (Å²) in [6.45, 7) is 1.58. The van der Waals surface area contributed by atoms with Crippen molar-refractivity contribution in [3.63, 3.8) is 0 Å². The van der Waals surface area contributed by atoms with Crippen molar-refractivity contribution in [1.29, 1.82) is 0 Å². The molecule has 1 amide bonds. The van der Waals surface area contributed by atoms with Crippen LogP contribution in [0.3, 0.4) is 0 Å². The lowest BCUT2D eigenvalue weighted by atomic mass is 9.75. The minimum atomic E-state index is -4.22. The van der Waals surface area contributed by atoms with Gasteiger partial charge >= 0.3 is 0 Å². The predicted octanol–water partition coefficient (Wildman–Crippen LogP) is 4.20. The van der Waals surface area contributed by atoms with E-state index in [1.807, 2.05) is 0 Å². The third kappa shape index (κ3) is 5.65. The standard InChI is InChI=1S/C22H28Cl3N5O3S/c23-16-11-17(24)20(18(26)12-16)34(32,33)28-19(6-9-29-10-7-27-22(29)25)21(31)30-8-5-14-3-1-2-4-15(14)13-30/h7,10-12,14-15,19,28H,1-6,8-9,13,26H2/t14-,15+,19?/m1/s1. The SMILES string of the molecule is Nc1cc(Cl)cc(Cl)c1S(=O)(=O)NC(CCn1ccnc1Cl)C(=O)N1CC[C@H]2CCCC[C@H]2C1. The summed E-state index contributed by atoms with van der Waals surface area (Å²) in [6.07, 6.45) is 9.08. The number of piperidine rings is 1. The number of hydrogen-bond acceptors (Lipinski definition) is 5. The molecule has 1 aromatic carbocycles. The minimum Gasteiger partial charge on any atom is -0.398 e. The Morgan fingerprint density at radius 1 is 1.18 bits per heavy atom. The Morgan fingerprint density at radius 3 is 2.59 bits per heavy atom. The van der Waals surface area contributed by atoms with Gasteiger partial charge in [0.05, 0.1) is 10.7 Å². The van der Waals surface area contributed by atoms with Gasteiger partial charge in [0, 0.05) is 37.1 Å². The molecule has 3 atom stereocenters. The summed E-state index contributed by atoms with van der Waals surface area (Å²) in [4.78, 5) is 19.1. The second-order valence-electron chi connectivity index (χ2n) is 9.04. The van der Waals surface area contributed by atoms with Crippen LogP contribution in [0.2, 0.25) is 15.3 Å². The lowest BCUT2D eigenvalue weighted by Gasteiger charge is -2.42. The summed E-state index contributed by atoms with van der Waals surface area (Å²) in [7, 11) is -4.22. The molecule has 1 aliphatic carbocycles. The molecule has 0 spiro atoms. The van der Waals surface area contributed by atoms with Crippen LogP contribution in [0.4, 0.5) is 5.69 Å². The second-order valence-corrected chi connectivity index (χ2v) is 11.9. The number of aryl methyl sites for hydroxylation is 1. The Bertz CT molecular complexity index is 1130. The van der Waals surface area contributed by atoms with Crippen molar-refractivity contribution in [2.24, 2.45) is 11.8 Å². The first-order valence-corrected chi connectivity index (χ1v) is 14.0. The number of halogens is 3. The van der Waals surface area contributed by atoms with E-state index in [0.29, 0.717) is 31.5 Å². The van der Waals surface area contributed by atoms with Gasteiger partial charge in [-0.3, -0.25) is 4.79 Å². The maximum Gasteiger partial charge on any atom is 0.244 e. The number of carbonyl (C=O) groups excluding carboxylic acids is 1. The number of benzene rings is 1. The summed E-state index contributed by atoms with van der Waals surface area (Å²) in [5, 5.41) is 0.380. The van der Waals surface area contributed by atoms with Crippen molar-refractivity contribution in [2.75, 3.05) is 18.8 Å². The van der Waals surface area contributed by atoms with Crippen molar-refractivity contribution < 1.29 is 13.2 Å². The van der Waals surface area contributed by atoms with Crippen LogP contribution < -0.4 is 10.5 Å². The van der Waals surface area contributed by atoms with E-state index >= 15 is 0 Å². The van der Waals surface area contributed by atoms with Crippen LogP contribution in [0.5, 0.6) is 0 Å². The smallest absolute Gasteiger partial charge is 0.244 e. The van der Waals surface area contributed by atoms with E-state index in [4.69, 9.17) is 40.5 Å². The van der Waals surface area contributed by atoms with E-state index in [9.17, 15) is 13.2 Å². The number of anilines is 1. The Morgan fingerprint density at radius 2 is 1.91 bits per heavy atom. The van der Waals surface area contributed by atoms with Crippen LogP contribution in [0.15, 0.2) is 29.4 Å². The molecule has 1 saturated heterocycles. The summed E-state index contributed by atoms with van der Waals surface area (Å²) in [5.41, 5.74) is 5.85. The molecule has 4 rings (SSSR count). The zero-order chi connectivity index (χ0) is 24.5. The molecule has 186 valence electrons. The number of carbonyl (C=O) groups is 1. The topological polar surface area (TPSA) is 110 Å². The molecule has 1 aromatic heterocycles. The van der Waals surface area contributed by atoms with Gasteiger partial charge in [-0.2, -0.15) is 4.72 Å².